The number of carbonyl (C=O) groups excluding carboxylic acids is 1. The lowest BCUT2D eigenvalue weighted by Crippen LogP contribution is -2.64. The molecule has 1 aromatic heterocycles. The van der Waals surface area contributed by atoms with Gasteiger partial charge in [-0.3, -0.25) is 0 Å². The first-order valence-corrected chi connectivity index (χ1v) is 25.6. The first-order chi connectivity index (χ1) is 35.6. The first-order valence-electron chi connectivity index (χ1n) is 25.6. The highest BCUT2D eigenvalue weighted by Gasteiger charge is 2.54. The molecule has 12 unspecified atom stereocenters. The van der Waals surface area contributed by atoms with E-state index in [1.807, 2.05) is 6.92 Å². The Labute approximate surface area is 426 Å². The second-order valence-electron chi connectivity index (χ2n) is 20.2. The fraction of sp³-hybridized carbons (Fsp3) is 0.686. The van der Waals surface area contributed by atoms with Crippen LogP contribution in [0.1, 0.15) is 88.0 Å². The van der Waals surface area contributed by atoms with Gasteiger partial charge in [-0.1, -0.05) is 81.0 Å². The van der Waals surface area contributed by atoms with Crippen molar-refractivity contribution in [1.29, 1.82) is 0 Å². The topological polar surface area (TPSA) is 321 Å². The SMILES string of the molecule is CCC1CC(CO[C@H]2OC(CO)[C@@H](O)C(n3cc(-c4cccc(F)c4)nn3)C2O)C[C@@H](O[C@@H]2OC(CO)[C@H](O)C(O[C@@H](CC3CCCCC3)C(=O)O)C2OC(=O)c2ccccc2)C1O[C@@H]1OC(C)[C@@H](O)C(O)C1O. The number of hydrogen-bond acceptors (Lipinski definition) is 20. The van der Waals surface area contributed by atoms with Gasteiger partial charge in [-0.25, -0.2) is 18.7 Å². The summed E-state index contributed by atoms with van der Waals surface area (Å²) in [7, 11) is 0. The number of rotatable bonds is 19. The molecule has 3 aliphatic heterocycles. The van der Waals surface area contributed by atoms with Crippen molar-refractivity contribution in [3.05, 3.63) is 72.2 Å². The van der Waals surface area contributed by atoms with Crippen LogP contribution in [0, 0.1) is 23.6 Å². The van der Waals surface area contributed by atoms with E-state index in [4.69, 9.17) is 37.9 Å². The lowest BCUT2D eigenvalue weighted by atomic mass is 9.76. The van der Waals surface area contributed by atoms with Crippen molar-refractivity contribution >= 4 is 11.9 Å². The molecule has 4 heterocycles. The molecule has 0 amide bonds. The van der Waals surface area contributed by atoms with Gasteiger partial charge in [-0.15, -0.1) is 5.10 Å². The van der Waals surface area contributed by atoms with Gasteiger partial charge in [0.2, 0.25) is 0 Å². The fourth-order valence-corrected chi connectivity index (χ4v) is 11.0. The van der Waals surface area contributed by atoms with E-state index in [2.05, 4.69) is 10.3 Å². The number of halogens is 1. The van der Waals surface area contributed by atoms with Crippen LogP contribution in [-0.2, 0) is 42.7 Å². The number of carboxylic acids is 1. The Morgan fingerprint density at radius 1 is 0.770 bits per heavy atom. The summed E-state index contributed by atoms with van der Waals surface area (Å²) < 4.78 is 65.3. The average molecular weight is 1050 g/mol. The molecule has 74 heavy (non-hydrogen) atoms. The number of nitrogens with zero attached hydrogens (tertiary/aromatic N) is 3. The quantitative estimate of drug-likeness (QED) is 0.0763. The maximum absolute atomic E-state index is 14.1. The second kappa shape index (κ2) is 25.3. The summed E-state index contributed by atoms with van der Waals surface area (Å²) in [6, 6.07) is 12.3. The summed E-state index contributed by atoms with van der Waals surface area (Å²) in [6.07, 6.45) is -18.3. The zero-order chi connectivity index (χ0) is 52.8. The van der Waals surface area contributed by atoms with Crippen LogP contribution < -0.4 is 0 Å². The van der Waals surface area contributed by atoms with Crippen molar-refractivity contribution in [2.24, 2.45) is 17.8 Å². The second-order valence-corrected chi connectivity index (χ2v) is 20.2. The van der Waals surface area contributed by atoms with Gasteiger partial charge in [-0.05, 0) is 68.2 Å². The Morgan fingerprint density at radius 3 is 2.18 bits per heavy atom. The summed E-state index contributed by atoms with van der Waals surface area (Å²) in [5.41, 5.74) is 0.730. The molecular formula is C51H70FN3O19. The third-order valence-electron chi connectivity index (χ3n) is 15.2. The van der Waals surface area contributed by atoms with Gasteiger partial charge in [0.25, 0.3) is 0 Å². The minimum Gasteiger partial charge on any atom is -0.479 e. The Balaban J connectivity index is 1.09. The molecule has 23 heteroatoms. The van der Waals surface area contributed by atoms with E-state index in [1.165, 1.54) is 48.1 Å². The highest BCUT2D eigenvalue weighted by atomic mass is 19.1. The molecule has 9 N–H and O–H groups in total. The van der Waals surface area contributed by atoms with E-state index < -0.39 is 153 Å². The predicted molar refractivity (Wildman–Crippen MR) is 252 cm³/mol. The minimum atomic E-state index is -1.73. The van der Waals surface area contributed by atoms with E-state index in [1.54, 1.807) is 24.3 Å². The number of ether oxygens (including phenoxy) is 8. The van der Waals surface area contributed by atoms with Gasteiger partial charge in [0, 0.05) is 5.56 Å². The normalized spacial score (nSPS) is 37.5. The average Bonchev–Trinajstić information content (AvgIpc) is 3.89. The third-order valence-corrected chi connectivity index (χ3v) is 15.2. The first kappa shape index (κ1) is 56.1. The van der Waals surface area contributed by atoms with Crippen molar-refractivity contribution < 1.29 is 97.8 Å². The zero-order valence-corrected chi connectivity index (χ0v) is 41.2. The van der Waals surface area contributed by atoms with Crippen LogP contribution in [0.3, 0.4) is 0 Å². The van der Waals surface area contributed by atoms with Gasteiger partial charge in [0.15, 0.2) is 31.1 Å². The van der Waals surface area contributed by atoms with Gasteiger partial charge in [0.1, 0.15) is 72.5 Å². The molecule has 20 atom stereocenters. The smallest absolute Gasteiger partial charge is 0.338 e. The number of aliphatic hydroxyl groups excluding tert-OH is 8. The lowest BCUT2D eigenvalue weighted by molar-refractivity contribution is -0.351. The van der Waals surface area contributed by atoms with Gasteiger partial charge < -0.3 is 83.9 Å². The Hall–Kier alpha value is -4.15. The molecule has 2 aromatic carbocycles. The van der Waals surface area contributed by atoms with E-state index in [-0.39, 0.29) is 36.6 Å². The van der Waals surface area contributed by atoms with Crippen LogP contribution in [0.25, 0.3) is 11.3 Å². The standard InChI is InChI=1S/C51H70FN3O19/c1-3-28-17-27(24-67-49-41(61)37(39(59)35(22-56)71-49)55-21-32(53-54-55)30-15-10-16-31(52)20-30)19-33(44(28)74-50-43(63)42(62)38(58)25(2)68-50)70-51-46(73-48(66)29-13-8-5-9-14-29)45(40(60)36(23-57)72-51)69-34(47(64)65)18-26-11-6-4-7-12-26/h5,8-10,13-16,20-21,25-28,33-46,49-51,56-63H,3-4,6-7,11-12,17-19,22-24H2,1-2H3,(H,64,65)/t25?,27?,28?,33-,34+,35?,36?,37?,38-,39-,40+,41?,42?,43?,44?,45?,46?,49+,50+,51-/m1/s1. The number of esters is 1. The number of aliphatic hydroxyl groups is 8. The van der Waals surface area contributed by atoms with Crippen molar-refractivity contribution in [2.45, 2.75) is 182 Å². The van der Waals surface area contributed by atoms with Gasteiger partial charge in [0.05, 0.1) is 49.9 Å². The van der Waals surface area contributed by atoms with Crippen molar-refractivity contribution in [2.75, 3.05) is 19.8 Å². The highest BCUT2D eigenvalue weighted by molar-refractivity contribution is 5.89. The molecule has 8 rings (SSSR count). The van der Waals surface area contributed by atoms with E-state index >= 15 is 0 Å². The molecule has 2 aliphatic carbocycles. The Kier molecular flexibility index (Phi) is 19.2. The number of carboxylic acid groups (broad SMARTS) is 1. The molecule has 0 spiro atoms. The van der Waals surface area contributed by atoms with Crippen molar-refractivity contribution in [3.8, 4) is 11.3 Å². The molecule has 0 radical (unpaired) electrons. The largest absolute Gasteiger partial charge is 0.479 e. The number of aliphatic carboxylic acids is 1. The molecule has 410 valence electrons. The zero-order valence-electron chi connectivity index (χ0n) is 41.2. The number of benzene rings is 2. The summed E-state index contributed by atoms with van der Waals surface area (Å²) in [6.45, 7) is 1.74. The number of aromatic nitrogens is 3. The summed E-state index contributed by atoms with van der Waals surface area (Å²) in [4.78, 5) is 26.9. The molecule has 22 nitrogen and oxygen atoms in total. The van der Waals surface area contributed by atoms with Gasteiger partial charge in [-0.2, -0.15) is 0 Å². The van der Waals surface area contributed by atoms with E-state index in [9.17, 15) is 59.9 Å². The van der Waals surface area contributed by atoms with E-state index in [0.29, 0.717) is 18.4 Å². The maximum atomic E-state index is 14.1. The van der Waals surface area contributed by atoms with Crippen LogP contribution in [0.5, 0.6) is 0 Å². The minimum absolute atomic E-state index is 0.00520. The van der Waals surface area contributed by atoms with Crippen LogP contribution >= 0.6 is 0 Å². The van der Waals surface area contributed by atoms with Crippen molar-refractivity contribution in [1.82, 2.24) is 15.0 Å². The van der Waals surface area contributed by atoms with Crippen LogP contribution in [0.4, 0.5) is 4.39 Å². The number of carbonyl (C=O) groups is 2. The summed E-state index contributed by atoms with van der Waals surface area (Å²) >= 11 is 0. The third kappa shape index (κ3) is 12.8. The van der Waals surface area contributed by atoms with Gasteiger partial charge >= 0.3 is 11.9 Å². The summed E-state index contributed by atoms with van der Waals surface area (Å²) in [5.74, 6) is -3.67. The molecule has 3 saturated heterocycles. The van der Waals surface area contributed by atoms with Crippen LogP contribution in [-0.4, -0.2) is 197 Å². The maximum Gasteiger partial charge on any atom is 0.338 e. The Morgan fingerprint density at radius 2 is 1.49 bits per heavy atom. The molecule has 0 bridgehead atoms. The van der Waals surface area contributed by atoms with Crippen molar-refractivity contribution in [3.63, 3.8) is 0 Å². The molecular weight excluding hydrogens is 978 g/mol. The molecule has 2 saturated carbocycles. The predicted octanol–water partition coefficient (Wildman–Crippen LogP) is 1.23. The lowest BCUT2D eigenvalue weighted by Gasteiger charge is -2.49. The summed E-state index contributed by atoms with van der Waals surface area (Å²) in [5, 5.41) is 107. The van der Waals surface area contributed by atoms with E-state index in [0.717, 1.165) is 32.1 Å². The number of hydrogen-bond donors (Lipinski definition) is 9. The molecule has 5 fully saturated rings. The van der Waals surface area contributed by atoms with Crippen LogP contribution in [0.15, 0.2) is 60.8 Å². The highest BCUT2D eigenvalue weighted by Crippen LogP contribution is 2.42. The molecule has 5 aliphatic rings. The molecule has 3 aromatic rings. The fourth-order valence-electron chi connectivity index (χ4n) is 11.0. The van der Waals surface area contributed by atoms with Crippen LogP contribution in [0.2, 0.25) is 0 Å². The Bertz CT molecular complexity index is 2260. The monoisotopic (exact) mass is 1050 g/mol.